The average Bonchev–Trinajstić information content (AvgIpc) is 2.89. The fraction of sp³-hybridized carbons (Fsp3) is 0.312. The van der Waals surface area contributed by atoms with Crippen LogP contribution < -0.4 is 10.6 Å². The molecule has 0 saturated heterocycles. The Labute approximate surface area is 149 Å². The van der Waals surface area contributed by atoms with Crippen LogP contribution in [0.3, 0.4) is 0 Å². The number of hydrogen-bond acceptors (Lipinski definition) is 5. The molecule has 128 valence electrons. The average molecular weight is 368 g/mol. The molecule has 1 aromatic heterocycles. The number of nitrogens with zero attached hydrogens (tertiary/aromatic N) is 1. The normalized spacial score (nSPS) is 11.0. The molecule has 0 fully saturated rings. The lowest BCUT2D eigenvalue weighted by Crippen LogP contribution is -2.26. The predicted octanol–water partition coefficient (Wildman–Crippen LogP) is 4.70. The number of nitrogens with one attached hydrogen (secondary N) is 2. The molecule has 0 unspecified atom stereocenters. The summed E-state index contributed by atoms with van der Waals surface area (Å²) < 4.78 is 5.15. The van der Waals surface area contributed by atoms with E-state index >= 15 is 0 Å². The molecule has 0 aliphatic heterocycles. The van der Waals surface area contributed by atoms with Crippen LogP contribution in [0.2, 0.25) is 5.02 Å². The molecule has 6 nitrogen and oxygen atoms in total. The highest BCUT2D eigenvalue weighted by Gasteiger charge is 2.19. The quantitative estimate of drug-likeness (QED) is 0.823. The summed E-state index contributed by atoms with van der Waals surface area (Å²) in [5, 5.41) is 6.36. The summed E-state index contributed by atoms with van der Waals surface area (Å²) in [6.07, 6.45) is 0.809. The highest BCUT2D eigenvalue weighted by Crippen LogP contribution is 2.27. The molecule has 2 aromatic rings. The molecular formula is C16H18ClN3O3S. The van der Waals surface area contributed by atoms with Crippen LogP contribution in [-0.2, 0) is 4.74 Å². The molecule has 0 radical (unpaired) electrons. The smallest absolute Gasteiger partial charge is 0.412 e. The third kappa shape index (κ3) is 4.94. The summed E-state index contributed by atoms with van der Waals surface area (Å²) in [7, 11) is 0. The fourth-order valence-corrected chi connectivity index (χ4v) is 2.76. The van der Waals surface area contributed by atoms with Crippen molar-refractivity contribution in [1.29, 1.82) is 0 Å². The zero-order valence-corrected chi connectivity index (χ0v) is 15.3. The Morgan fingerprint density at radius 1 is 1.25 bits per heavy atom. The van der Waals surface area contributed by atoms with Crippen LogP contribution in [0.25, 0.3) is 0 Å². The molecule has 2 rings (SSSR count). The molecular weight excluding hydrogens is 350 g/mol. The van der Waals surface area contributed by atoms with Gasteiger partial charge in [-0.15, -0.1) is 0 Å². The van der Waals surface area contributed by atoms with Crippen LogP contribution in [0.5, 0.6) is 0 Å². The standard InChI is InChI=1S/C16H18ClN3O3S/c1-9-6-5-7-10(17)12(9)20-13(21)14-18-8-11(24-14)19-15(22)23-16(2,3)4/h5-8H,1-4H3,(H,19,22)(H,20,21). The lowest BCUT2D eigenvalue weighted by molar-refractivity contribution is 0.0636. The molecule has 0 bridgehead atoms. The Kier molecular flexibility index (Phi) is 5.46. The van der Waals surface area contributed by atoms with Crippen molar-refractivity contribution in [2.24, 2.45) is 0 Å². The zero-order valence-electron chi connectivity index (χ0n) is 13.8. The number of carbonyl (C=O) groups is 2. The molecule has 0 atom stereocenters. The second kappa shape index (κ2) is 7.19. The molecule has 1 aromatic carbocycles. The summed E-state index contributed by atoms with van der Waals surface area (Å²) in [5.41, 5.74) is 0.789. The van der Waals surface area contributed by atoms with Gasteiger partial charge in [-0.1, -0.05) is 35.1 Å². The number of thiazole rings is 1. The lowest BCUT2D eigenvalue weighted by atomic mass is 10.2. The minimum atomic E-state index is -0.601. The molecule has 1 heterocycles. The third-order valence-corrected chi connectivity index (χ3v) is 4.01. The van der Waals surface area contributed by atoms with Gasteiger partial charge in [0, 0.05) is 0 Å². The maximum atomic E-state index is 12.3. The number of benzene rings is 1. The van der Waals surface area contributed by atoms with Gasteiger partial charge in [-0.05, 0) is 39.3 Å². The van der Waals surface area contributed by atoms with E-state index in [0.717, 1.165) is 16.9 Å². The maximum absolute atomic E-state index is 12.3. The number of anilines is 2. The first kappa shape index (κ1) is 18.2. The summed E-state index contributed by atoms with van der Waals surface area (Å²) in [4.78, 5) is 28.0. The molecule has 2 amide bonds. The molecule has 8 heteroatoms. The van der Waals surface area contributed by atoms with Gasteiger partial charge < -0.3 is 10.1 Å². The van der Waals surface area contributed by atoms with Crippen molar-refractivity contribution in [1.82, 2.24) is 4.98 Å². The second-order valence-electron chi connectivity index (χ2n) is 6.04. The number of aromatic nitrogens is 1. The Balaban J connectivity index is 2.05. The van der Waals surface area contributed by atoms with Crippen molar-refractivity contribution < 1.29 is 14.3 Å². The molecule has 0 saturated carbocycles. The Hall–Kier alpha value is -2.12. The Morgan fingerprint density at radius 2 is 1.96 bits per heavy atom. The van der Waals surface area contributed by atoms with Crippen molar-refractivity contribution in [2.75, 3.05) is 10.6 Å². The largest absolute Gasteiger partial charge is 0.444 e. The van der Waals surface area contributed by atoms with Crippen LogP contribution in [0, 0.1) is 6.92 Å². The number of amides is 2. The summed E-state index contributed by atoms with van der Waals surface area (Å²) >= 11 is 7.14. The van der Waals surface area contributed by atoms with Crippen LogP contribution in [0.1, 0.15) is 36.1 Å². The number of para-hydroxylation sites is 1. The van der Waals surface area contributed by atoms with Gasteiger partial charge in [-0.3, -0.25) is 10.1 Å². The predicted molar refractivity (Wildman–Crippen MR) is 96.1 cm³/mol. The zero-order chi connectivity index (χ0) is 17.9. The van der Waals surface area contributed by atoms with Crippen LogP contribution >= 0.6 is 22.9 Å². The Bertz CT molecular complexity index is 748. The summed E-state index contributed by atoms with van der Waals surface area (Å²) in [6.45, 7) is 7.15. The van der Waals surface area contributed by atoms with E-state index in [9.17, 15) is 9.59 Å². The van der Waals surface area contributed by atoms with Crippen LogP contribution in [0.15, 0.2) is 24.4 Å². The first-order valence-corrected chi connectivity index (χ1v) is 8.37. The lowest BCUT2D eigenvalue weighted by Gasteiger charge is -2.19. The highest BCUT2D eigenvalue weighted by atomic mass is 35.5. The van der Waals surface area contributed by atoms with E-state index in [-0.39, 0.29) is 5.01 Å². The van der Waals surface area contributed by atoms with Gasteiger partial charge in [0.05, 0.1) is 16.9 Å². The number of rotatable bonds is 3. The molecule has 24 heavy (non-hydrogen) atoms. The van der Waals surface area contributed by atoms with E-state index in [1.165, 1.54) is 6.20 Å². The van der Waals surface area contributed by atoms with E-state index in [1.807, 2.05) is 13.0 Å². The van der Waals surface area contributed by atoms with E-state index in [2.05, 4.69) is 15.6 Å². The highest BCUT2D eigenvalue weighted by molar-refractivity contribution is 7.17. The number of carbonyl (C=O) groups excluding carboxylic acids is 2. The van der Waals surface area contributed by atoms with Gasteiger partial charge in [0.15, 0.2) is 5.01 Å². The van der Waals surface area contributed by atoms with E-state index in [4.69, 9.17) is 16.3 Å². The van der Waals surface area contributed by atoms with Gasteiger partial charge in [0.2, 0.25) is 0 Å². The Morgan fingerprint density at radius 3 is 2.58 bits per heavy atom. The number of aryl methyl sites for hydroxylation is 1. The SMILES string of the molecule is Cc1cccc(Cl)c1NC(=O)c1ncc(NC(=O)OC(C)(C)C)s1. The van der Waals surface area contributed by atoms with E-state index < -0.39 is 17.6 Å². The summed E-state index contributed by atoms with van der Waals surface area (Å²) in [5.74, 6) is -0.395. The van der Waals surface area contributed by atoms with Crippen molar-refractivity contribution in [2.45, 2.75) is 33.3 Å². The van der Waals surface area contributed by atoms with E-state index in [0.29, 0.717) is 15.7 Å². The molecule has 0 aliphatic rings. The van der Waals surface area contributed by atoms with Gasteiger partial charge in [0.1, 0.15) is 10.6 Å². The minimum absolute atomic E-state index is 0.209. The van der Waals surface area contributed by atoms with Gasteiger partial charge in [-0.25, -0.2) is 9.78 Å². The monoisotopic (exact) mass is 367 g/mol. The molecule has 2 N–H and O–H groups in total. The van der Waals surface area contributed by atoms with Gasteiger partial charge in [-0.2, -0.15) is 0 Å². The van der Waals surface area contributed by atoms with E-state index in [1.54, 1.807) is 32.9 Å². The van der Waals surface area contributed by atoms with Crippen LogP contribution in [0.4, 0.5) is 15.5 Å². The fourth-order valence-electron chi connectivity index (χ4n) is 1.80. The first-order chi connectivity index (χ1) is 11.2. The number of halogens is 1. The first-order valence-electron chi connectivity index (χ1n) is 7.18. The van der Waals surface area contributed by atoms with Gasteiger partial charge in [0.25, 0.3) is 5.91 Å². The number of hydrogen-bond donors (Lipinski definition) is 2. The molecule has 0 spiro atoms. The summed E-state index contributed by atoms with van der Waals surface area (Å²) in [6, 6.07) is 5.35. The van der Waals surface area contributed by atoms with Crippen LogP contribution in [-0.4, -0.2) is 22.6 Å². The minimum Gasteiger partial charge on any atom is -0.444 e. The van der Waals surface area contributed by atoms with Crippen molar-refractivity contribution in [3.8, 4) is 0 Å². The maximum Gasteiger partial charge on any atom is 0.412 e. The van der Waals surface area contributed by atoms with Crippen molar-refractivity contribution in [3.63, 3.8) is 0 Å². The number of ether oxygens (including phenoxy) is 1. The third-order valence-electron chi connectivity index (χ3n) is 2.78. The molecule has 0 aliphatic carbocycles. The van der Waals surface area contributed by atoms with Gasteiger partial charge >= 0.3 is 6.09 Å². The van der Waals surface area contributed by atoms with Crippen molar-refractivity contribution in [3.05, 3.63) is 40.0 Å². The topological polar surface area (TPSA) is 80.3 Å². The second-order valence-corrected chi connectivity index (χ2v) is 7.48. The van der Waals surface area contributed by atoms with Crippen molar-refractivity contribution >= 4 is 45.6 Å².